The molecule has 0 spiro atoms. The lowest BCUT2D eigenvalue weighted by Gasteiger charge is -2.42. The van der Waals surface area contributed by atoms with Gasteiger partial charge < -0.3 is 15.1 Å². The molecule has 0 bridgehead atoms. The maximum atomic E-state index is 12.6. The number of hydrogen-bond acceptors (Lipinski definition) is 6. The number of H-pyrrole nitrogens is 1. The summed E-state index contributed by atoms with van der Waals surface area (Å²) in [6, 6.07) is 7.83. The van der Waals surface area contributed by atoms with E-state index in [9.17, 15) is 4.79 Å². The van der Waals surface area contributed by atoms with Crippen molar-refractivity contribution in [3.8, 4) is 11.3 Å². The first kappa shape index (κ1) is 20.8. The summed E-state index contributed by atoms with van der Waals surface area (Å²) in [6.07, 6.45) is 3.62. The van der Waals surface area contributed by atoms with Crippen LogP contribution in [-0.2, 0) is 4.79 Å². The Morgan fingerprint density at radius 1 is 1.13 bits per heavy atom. The molecule has 1 unspecified atom stereocenters. The number of rotatable bonds is 5. The quantitative estimate of drug-likeness (QED) is 0.640. The Hall–Kier alpha value is -3.42. The topological polar surface area (TPSA) is 90.0 Å². The average molecular weight is 420 g/mol. The van der Waals surface area contributed by atoms with Gasteiger partial charge in [0.25, 0.3) is 0 Å². The molecule has 2 N–H and O–H groups in total. The second kappa shape index (κ2) is 8.02. The van der Waals surface area contributed by atoms with Gasteiger partial charge in [-0.2, -0.15) is 5.10 Å². The zero-order chi connectivity index (χ0) is 22.3. The highest BCUT2D eigenvalue weighted by molar-refractivity contribution is 6.05. The molecule has 1 amide bonds. The standard InChI is InChI=1S/C23H29N7O/c1-13(2)21-17(12-25-28-21)18-9-10-24-23(27-18)26-16-7-8-19-20(11-16)30(14(3)4)15(5)22(31)29(19)6/h7-15H,1-6H3,(H,25,28)(H,24,26,27). The fourth-order valence-corrected chi connectivity index (χ4v) is 4.19. The van der Waals surface area contributed by atoms with E-state index in [0.29, 0.717) is 5.95 Å². The number of benzene rings is 1. The predicted octanol–water partition coefficient (Wildman–Crippen LogP) is 4.31. The van der Waals surface area contributed by atoms with Gasteiger partial charge in [-0.15, -0.1) is 0 Å². The first-order chi connectivity index (χ1) is 14.8. The number of likely N-dealkylation sites (N-methyl/N-ethyl adjacent to an activating group) is 1. The Morgan fingerprint density at radius 3 is 2.61 bits per heavy atom. The van der Waals surface area contributed by atoms with Crippen LogP contribution in [0.5, 0.6) is 0 Å². The van der Waals surface area contributed by atoms with E-state index in [1.807, 2.05) is 38.4 Å². The van der Waals surface area contributed by atoms with Gasteiger partial charge >= 0.3 is 0 Å². The monoisotopic (exact) mass is 419 g/mol. The first-order valence-corrected chi connectivity index (χ1v) is 10.6. The number of nitrogens with one attached hydrogen (secondary N) is 2. The van der Waals surface area contributed by atoms with Gasteiger partial charge in [0.2, 0.25) is 11.9 Å². The summed E-state index contributed by atoms with van der Waals surface area (Å²) in [6.45, 7) is 10.4. The summed E-state index contributed by atoms with van der Waals surface area (Å²) >= 11 is 0. The van der Waals surface area contributed by atoms with E-state index in [2.05, 4.69) is 59.2 Å². The third-order valence-corrected chi connectivity index (χ3v) is 5.68. The van der Waals surface area contributed by atoms with E-state index in [1.54, 1.807) is 11.1 Å². The van der Waals surface area contributed by atoms with Crippen LogP contribution >= 0.6 is 0 Å². The molecule has 1 aliphatic rings. The molecule has 1 atom stereocenters. The van der Waals surface area contributed by atoms with Crippen LogP contribution in [0.4, 0.5) is 23.0 Å². The SMILES string of the molecule is CC(C)c1n[nH]cc1-c1ccnc(Nc2ccc3c(c2)N(C(C)C)C(C)C(=O)N3C)n1. The Bertz CT molecular complexity index is 1100. The minimum absolute atomic E-state index is 0.0963. The van der Waals surface area contributed by atoms with Gasteiger partial charge in [-0.3, -0.25) is 9.89 Å². The van der Waals surface area contributed by atoms with Crippen molar-refractivity contribution in [2.45, 2.75) is 52.6 Å². The summed E-state index contributed by atoms with van der Waals surface area (Å²) in [7, 11) is 1.83. The first-order valence-electron chi connectivity index (χ1n) is 10.6. The van der Waals surface area contributed by atoms with E-state index in [4.69, 9.17) is 4.98 Å². The van der Waals surface area contributed by atoms with Gasteiger partial charge in [0.15, 0.2) is 0 Å². The Kier molecular flexibility index (Phi) is 5.39. The van der Waals surface area contributed by atoms with Crippen molar-refractivity contribution < 1.29 is 4.79 Å². The third-order valence-electron chi connectivity index (χ3n) is 5.68. The lowest BCUT2D eigenvalue weighted by Crippen LogP contribution is -2.53. The highest BCUT2D eigenvalue weighted by Crippen LogP contribution is 2.39. The third kappa shape index (κ3) is 3.73. The molecule has 0 fully saturated rings. The second-order valence-corrected chi connectivity index (χ2v) is 8.51. The van der Waals surface area contributed by atoms with Gasteiger partial charge in [-0.1, -0.05) is 13.8 Å². The number of carbonyl (C=O) groups excluding carboxylic acids is 1. The van der Waals surface area contributed by atoms with E-state index in [1.165, 1.54) is 0 Å². The van der Waals surface area contributed by atoms with Crippen LogP contribution in [0.25, 0.3) is 11.3 Å². The average Bonchev–Trinajstić information content (AvgIpc) is 3.22. The molecule has 3 aromatic rings. The molecule has 3 heterocycles. The van der Waals surface area contributed by atoms with Crippen molar-refractivity contribution in [3.63, 3.8) is 0 Å². The highest BCUT2D eigenvalue weighted by Gasteiger charge is 2.34. The molecule has 31 heavy (non-hydrogen) atoms. The number of carbonyl (C=O) groups is 1. The number of anilines is 4. The van der Waals surface area contributed by atoms with Crippen LogP contribution in [0.15, 0.2) is 36.7 Å². The Labute approximate surface area is 182 Å². The normalized spacial score (nSPS) is 16.3. The van der Waals surface area contributed by atoms with Crippen molar-refractivity contribution in [1.29, 1.82) is 0 Å². The van der Waals surface area contributed by atoms with Gasteiger partial charge in [0.05, 0.1) is 22.8 Å². The minimum atomic E-state index is -0.220. The van der Waals surface area contributed by atoms with E-state index in [-0.39, 0.29) is 23.9 Å². The van der Waals surface area contributed by atoms with Gasteiger partial charge in [-0.05, 0) is 51.0 Å². The molecule has 1 aliphatic heterocycles. The molecule has 162 valence electrons. The molecule has 0 aliphatic carbocycles. The second-order valence-electron chi connectivity index (χ2n) is 8.51. The van der Waals surface area contributed by atoms with Gasteiger partial charge in [0, 0.05) is 36.7 Å². The van der Waals surface area contributed by atoms with Crippen LogP contribution in [-0.4, -0.2) is 45.2 Å². The predicted molar refractivity (Wildman–Crippen MR) is 124 cm³/mol. The molecule has 1 aromatic carbocycles. The fraction of sp³-hybridized carbons (Fsp3) is 0.391. The largest absolute Gasteiger partial charge is 0.356 e. The van der Waals surface area contributed by atoms with Crippen molar-refractivity contribution in [3.05, 3.63) is 42.4 Å². The van der Waals surface area contributed by atoms with Gasteiger partial charge in [-0.25, -0.2) is 9.97 Å². The molecule has 0 saturated carbocycles. The maximum Gasteiger partial charge on any atom is 0.249 e. The number of amides is 1. The van der Waals surface area contributed by atoms with Crippen molar-refractivity contribution >= 4 is 28.9 Å². The highest BCUT2D eigenvalue weighted by atomic mass is 16.2. The van der Waals surface area contributed by atoms with Crippen LogP contribution in [0, 0.1) is 0 Å². The maximum absolute atomic E-state index is 12.6. The molecule has 4 rings (SSSR count). The molecule has 8 nitrogen and oxygen atoms in total. The molecule has 2 aromatic heterocycles. The number of hydrogen-bond donors (Lipinski definition) is 2. The summed E-state index contributed by atoms with van der Waals surface area (Å²) < 4.78 is 0. The fourth-order valence-electron chi connectivity index (χ4n) is 4.19. The molecular formula is C23H29N7O. The lowest BCUT2D eigenvalue weighted by molar-refractivity contribution is -0.119. The van der Waals surface area contributed by atoms with Crippen molar-refractivity contribution in [1.82, 2.24) is 20.2 Å². The number of aromatic amines is 1. The smallest absolute Gasteiger partial charge is 0.249 e. The molecule has 0 radical (unpaired) electrons. The lowest BCUT2D eigenvalue weighted by atomic mass is 10.0. The summed E-state index contributed by atoms with van der Waals surface area (Å²) in [5, 5.41) is 10.6. The summed E-state index contributed by atoms with van der Waals surface area (Å²) in [4.78, 5) is 25.6. The minimum Gasteiger partial charge on any atom is -0.356 e. The van der Waals surface area contributed by atoms with E-state index < -0.39 is 0 Å². The van der Waals surface area contributed by atoms with Crippen LogP contribution in [0.2, 0.25) is 0 Å². The molecular weight excluding hydrogens is 390 g/mol. The Morgan fingerprint density at radius 2 is 1.90 bits per heavy atom. The van der Waals surface area contributed by atoms with E-state index >= 15 is 0 Å². The van der Waals surface area contributed by atoms with Crippen LogP contribution < -0.4 is 15.1 Å². The summed E-state index contributed by atoms with van der Waals surface area (Å²) in [5.74, 6) is 0.897. The zero-order valence-electron chi connectivity index (χ0n) is 18.8. The molecule has 0 saturated heterocycles. The van der Waals surface area contributed by atoms with Crippen LogP contribution in [0.1, 0.15) is 46.2 Å². The van der Waals surface area contributed by atoms with Crippen LogP contribution in [0.3, 0.4) is 0 Å². The van der Waals surface area contributed by atoms with E-state index in [0.717, 1.165) is 34.0 Å². The van der Waals surface area contributed by atoms with Crippen molar-refractivity contribution in [2.24, 2.45) is 0 Å². The van der Waals surface area contributed by atoms with Gasteiger partial charge in [0.1, 0.15) is 6.04 Å². The zero-order valence-corrected chi connectivity index (χ0v) is 18.8. The molecule has 8 heteroatoms. The number of aromatic nitrogens is 4. The summed E-state index contributed by atoms with van der Waals surface area (Å²) in [5.41, 5.74) is 5.56. The van der Waals surface area contributed by atoms with Crippen molar-refractivity contribution in [2.75, 3.05) is 22.2 Å². The number of nitrogens with zero attached hydrogens (tertiary/aromatic N) is 5. The number of fused-ring (bicyclic) bond motifs is 1. The Balaban J connectivity index is 1.67.